The van der Waals surface area contributed by atoms with Crippen molar-refractivity contribution < 1.29 is 14.3 Å². The van der Waals surface area contributed by atoms with E-state index in [0.29, 0.717) is 22.6 Å². The second-order valence-corrected chi connectivity index (χ2v) is 4.87. The normalized spacial score (nSPS) is 10.1. The van der Waals surface area contributed by atoms with Gasteiger partial charge in [-0.3, -0.25) is 4.79 Å². The molecule has 4 nitrogen and oxygen atoms in total. The Kier molecular flexibility index (Phi) is 4.48. The summed E-state index contributed by atoms with van der Waals surface area (Å²) in [5, 5.41) is 0. The fourth-order valence-electron chi connectivity index (χ4n) is 2.02. The molecule has 21 heavy (non-hydrogen) atoms. The highest BCUT2D eigenvalue weighted by Crippen LogP contribution is 2.24. The Hall–Kier alpha value is -2.49. The van der Waals surface area contributed by atoms with Crippen LogP contribution in [-0.2, 0) is 0 Å². The van der Waals surface area contributed by atoms with E-state index in [2.05, 4.69) is 0 Å². The Labute approximate surface area is 124 Å². The lowest BCUT2D eigenvalue weighted by atomic mass is 10.0. The van der Waals surface area contributed by atoms with Crippen molar-refractivity contribution in [3.8, 4) is 11.5 Å². The molecule has 0 radical (unpaired) electrons. The minimum Gasteiger partial charge on any atom is -0.497 e. The van der Waals surface area contributed by atoms with Crippen LogP contribution in [0, 0.1) is 0 Å². The van der Waals surface area contributed by atoms with Gasteiger partial charge in [0.15, 0.2) is 5.78 Å². The first-order chi connectivity index (χ1) is 10.0. The van der Waals surface area contributed by atoms with Crippen LogP contribution in [0.1, 0.15) is 15.9 Å². The van der Waals surface area contributed by atoms with Gasteiger partial charge in [-0.15, -0.1) is 0 Å². The zero-order valence-corrected chi connectivity index (χ0v) is 12.7. The van der Waals surface area contributed by atoms with Gasteiger partial charge in [-0.05, 0) is 36.4 Å². The maximum Gasteiger partial charge on any atom is 0.193 e. The molecule has 0 aliphatic heterocycles. The summed E-state index contributed by atoms with van der Waals surface area (Å²) >= 11 is 0. The molecule has 0 aromatic heterocycles. The third kappa shape index (κ3) is 3.34. The molecule has 2 aromatic carbocycles. The molecule has 0 spiro atoms. The maximum absolute atomic E-state index is 12.5. The highest BCUT2D eigenvalue weighted by molar-refractivity contribution is 6.09. The summed E-state index contributed by atoms with van der Waals surface area (Å²) in [6.45, 7) is 0. The van der Waals surface area contributed by atoms with Crippen molar-refractivity contribution in [1.82, 2.24) is 0 Å². The van der Waals surface area contributed by atoms with Gasteiger partial charge in [0.1, 0.15) is 11.5 Å². The number of rotatable bonds is 5. The van der Waals surface area contributed by atoms with Gasteiger partial charge in [-0.25, -0.2) is 0 Å². The van der Waals surface area contributed by atoms with Gasteiger partial charge in [0, 0.05) is 37.0 Å². The number of ether oxygens (including phenoxy) is 2. The molecule has 0 amide bonds. The van der Waals surface area contributed by atoms with Gasteiger partial charge in [0.2, 0.25) is 0 Å². The van der Waals surface area contributed by atoms with Gasteiger partial charge in [-0.1, -0.05) is 0 Å². The SMILES string of the molecule is COc1cc(OC)cc(C(=O)c2ccc(N(C)C)cc2)c1. The molecule has 0 atom stereocenters. The van der Waals surface area contributed by atoms with Crippen LogP contribution < -0.4 is 14.4 Å². The van der Waals surface area contributed by atoms with Gasteiger partial charge in [0.25, 0.3) is 0 Å². The number of anilines is 1. The molecular formula is C17H19NO3. The van der Waals surface area contributed by atoms with E-state index in [1.165, 1.54) is 0 Å². The van der Waals surface area contributed by atoms with E-state index in [0.717, 1.165) is 5.69 Å². The standard InChI is InChI=1S/C17H19NO3/c1-18(2)14-7-5-12(6-8-14)17(19)13-9-15(20-3)11-16(10-13)21-4/h5-11H,1-4H3. The largest absolute Gasteiger partial charge is 0.497 e. The minimum absolute atomic E-state index is 0.0579. The van der Waals surface area contributed by atoms with Crippen LogP contribution in [0.4, 0.5) is 5.69 Å². The molecule has 0 bridgehead atoms. The lowest BCUT2D eigenvalue weighted by Crippen LogP contribution is -2.09. The van der Waals surface area contributed by atoms with Crippen molar-refractivity contribution in [3.63, 3.8) is 0 Å². The van der Waals surface area contributed by atoms with Gasteiger partial charge < -0.3 is 14.4 Å². The number of hydrogen-bond donors (Lipinski definition) is 0. The number of carbonyl (C=O) groups is 1. The number of hydrogen-bond acceptors (Lipinski definition) is 4. The Balaban J connectivity index is 2.34. The van der Waals surface area contributed by atoms with E-state index in [1.807, 2.05) is 43.3 Å². The van der Waals surface area contributed by atoms with Crippen LogP contribution in [0.5, 0.6) is 11.5 Å². The molecule has 0 aliphatic rings. The third-order valence-electron chi connectivity index (χ3n) is 3.26. The van der Waals surface area contributed by atoms with Crippen LogP contribution in [0.25, 0.3) is 0 Å². The number of carbonyl (C=O) groups excluding carboxylic acids is 1. The van der Waals surface area contributed by atoms with Crippen LogP contribution in [0.2, 0.25) is 0 Å². The monoisotopic (exact) mass is 285 g/mol. The second kappa shape index (κ2) is 6.31. The lowest BCUT2D eigenvalue weighted by Gasteiger charge is -2.12. The van der Waals surface area contributed by atoms with E-state index in [1.54, 1.807) is 32.4 Å². The quantitative estimate of drug-likeness (QED) is 0.792. The highest BCUT2D eigenvalue weighted by Gasteiger charge is 2.12. The molecule has 110 valence electrons. The molecule has 0 fully saturated rings. The van der Waals surface area contributed by atoms with Crippen LogP contribution >= 0.6 is 0 Å². The fourth-order valence-corrected chi connectivity index (χ4v) is 2.02. The predicted molar refractivity (Wildman–Crippen MR) is 83.7 cm³/mol. The van der Waals surface area contributed by atoms with E-state index in [9.17, 15) is 4.79 Å². The minimum atomic E-state index is -0.0579. The van der Waals surface area contributed by atoms with Crippen molar-refractivity contribution in [2.75, 3.05) is 33.2 Å². The first-order valence-electron chi connectivity index (χ1n) is 6.60. The first-order valence-corrected chi connectivity index (χ1v) is 6.60. The van der Waals surface area contributed by atoms with E-state index >= 15 is 0 Å². The van der Waals surface area contributed by atoms with Gasteiger partial charge >= 0.3 is 0 Å². The molecule has 0 heterocycles. The Morgan fingerprint density at radius 1 is 0.857 bits per heavy atom. The summed E-state index contributed by atoms with van der Waals surface area (Å²) < 4.78 is 10.4. The molecule has 2 rings (SSSR count). The summed E-state index contributed by atoms with van der Waals surface area (Å²) in [5.74, 6) is 1.14. The lowest BCUT2D eigenvalue weighted by molar-refractivity contribution is 0.103. The first kappa shape index (κ1) is 14.9. The summed E-state index contributed by atoms with van der Waals surface area (Å²) in [4.78, 5) is 14.5. The Bertz CT molecular complexity index is 611. The summed E-state index contributed by atoms with van der Waals surface area (Å²) in [6, 6.07) is 12.7. The smallest absolute Gasteiger partial charge is 0.193 e. The fraction of sp³-hybridized carbons (Fsp3) is 0.235. The molecular weight excluding hydrogens is 266 g/mol. The topological polar surface area (TPSA) is 38.8 Å². The summed E-state index contributed by atoms with van der Waals surface area (Å²) in [5.41, 5.74) is 2.23. The summed E-state index contributed by atoms with van der Waals surface area (Å²) in [7, 11) is 7.05. The predicted octanol–water partition coefficient (Wildman–Crippen LogP) is 3.00. The zero-order chi connectivity index (χ0) is 15.4. The van der Waals surface area contributed by atoms with E-state index in [-0.39, 0.29) is 5.78 Å². The van der Waals surface area contributed by atoms with E-state index < -0.39 is 0 Å². The van der Waals surface area contributed by atoms with Crippen LogP contribution in [0.15, 0.2) is 42.5 Å². The number of ketones is 1. The molecule has 0 aliphatic carbocycles. The summed E-state index contributed by atoms with van der Waals surface area (Å²) in [6.07, 6.45) is 0. The molecule has 2 aromatic rings. The third-order valence-corrected chi connectivity index (χ3v) is 3.26. The average molecular weight is 285 g/mol. The molecule has 4 heteroatoms. The molecule has 0 saturated carbocycles. The maximum atomic E-state index is 12.5. The number of nitrogens with zero attached hydrogens (tertiary/aromatic N) is 1. The zero-order valence-electron chi connectivity index (χ0n) is 12.7. The Morgan fingerprint density at radius 3 is 1.81 bits per heavy atom. The van der Waals surface area contributed by atoms with Crippen molar-refractivity contribution in [2.24, 2.45) is 0 Å². The Morgan fingerprint density at radius 2 is 1.38 bits per heavy atom. The molecule has 0 N–H and O–H groups in total. The van der Waals surface area contributed by atoms with Crippen LogP contribution in [0.3, 0.4) is 0 Å². The van der Waals surface area contributed by atoms with Crippen molar-refractivity contribution in [1.29, 1.82) is 0 Å². The molecule has 0 unspecified atom stereocenters. The second-order valence-electron chi connectivity index (χ2n) is 4.87. The highest BCUT2D eigenvalue weighted by atomic mass is 16.5. The number of benzene rings is 2. The van der Waals surface area contributed by atoms with Crippen molar-refractivity contribution >= 4 is 11.5 Å². The van der Waals surface area contributed by atoms with Gasteiger partial charge in [-0.2, -0.15) is 0 Å². The van der Waals surface area contributed by atoms with Crippen molar-refractivity contribution in [3.05, 3.63) is 53.6 Å². The average Bonchev–Trinajstić information content (AvgIpc) is 2.53. The van der Waals surface area contributed by atoms with Crippen molar-refractivity contribution in [2.45, 2.75) is 0 Å². The van der Waals surface area contributed by atoms with Crippen LogP contribution in [-0.4, -0.2) is 34.1 Å². The van der Waals surface area contributed by atoms with E-state index in [4.69, 9.17) is 9.47 Å². The molecule has 0 saturated heterocycles. The number of methoxy groups -OCH3 is 2. The van der Waals surface area contributed by atoms with Gasteiger partial charge in [0.05, 0.1) is 14.2 Å².